The van der Waals surface area contributed by atoms with E-state index in [9.17, 15) is 9.18 Å². The fraction of sp³-hybridized carbons (Fsp3) is 0.200. The van der Waals surface area contributed by atoms with Gasteiger partial charge in [0.15, 0.2) is 11.5 Å². The van der Waals surface area contributed by atoms with Crippen molar-refractivity contribution < 1.29 is 18.3 Å². The van der Waals surface area contributed by atoms with Crippen LogP contribution >= 0.6 is 0 Å². The van der Waals surface area contributed by atoms with Gasteiger partial charge in [0.1, 0.15) is 22.8 Å². The topological polar surface area (TPSA) is 55.6 Å². The molecule has 1 amide bonds. The van der Waals surface area contributed by atoms with Crippen LogP contribution in [0.2, 0.25) is 0 Å². The fourth-order valence-corrected chi connectivity index (χ4v) is 3.88. The van der Waals surface area contributed by atoms with Crippen molar-refractivity contribution in [3.8, 4) is 11.5 Å². The van der Waals surface area contributed by atoms with Gasteiger partial charge in [-0.05, 0) is 73.5 Å². The molecule has 0 aliphatic carbocycles. The molecule has 0 radical (unpaired) electrons. The van der Waals surface area contributed by atoms with Crippen molar-refractivity contribution in [3.05, 3.63) is 90.1 Å². The van der Waals surface area contributed by atoms with E-state index in [0.717, 1.165) is 29.8 Å². The van der Waals surface area contributed by atoms with Gasteiger partial charge in [-0.15, -0.1) is 0 Å². The number of piperidine rings is 1. The van der Waals surface area contributed by atoms with Crippen LogP contribution in [0.25, 0.3) is 11.1 Å². The number of fused-ring (bicyclic) bond motifs is 1. The average molecular weight is 416 g/mol. The van der Waals surface area contributed by atoms with Crippen molar-refractivity contribution in [2.75, 3.05) is 13.1 Å². The second-order valence-corrected chi connectivity index (χ2v) is 7.67. The van der Waals surface area contributed by atoms with E-state index < -0.39 is 0 Å². The van der Waals surface area contributed by atoms with Crippen molar-refractivity contribution in [2.24, 2.45) is 0 Å². The van der Waals surface area contributed by atoms with Crippen LogP contribution in [0.15, 0.2) is 77.2 Å². The predicted octanol–water partition coefficient (Wildman–Crippen LogP) is 5.78. The normalized spacial score (nSPS) is 14.7. The number of nitrogens with zero attached hydrogens (tertiary/aromatic N) is 2. The van der Waals surface area contributed by atoms with E-state index in [1.165, 1.54) is 12.1 Å². The van der Waals surface area contributed by atoms with Crippen molar-refractivity contribution >= 4 is 17.0 Å². The number of para-hydroxylation sites is 2. The lowest BCUT2D eigenvalue weighted by Gasteiger charge is -2.30. The van der Waals surface area contributed by atoms with Gasteiger partial charge in [-0.2, -0.15) is 0 Å². The third kappa shape index (κ3) is 4.14. The Bertz CT molecular complexity index is 1160. The van der Waals surface area contributed by atoms with Gasteiger partial charge in [0.05, 0.1) is 0 Å². The number of halogens is 1. The minimum atomic E-state index is -0.312. The Hall–Kier alpha value is -3.67. The number of amides is 1. The molecule has 1 fully saturated rings. The first-order valence-corrected chi connectivity index (χ1v) is 10.3. The van der Waals surface area contributed by atoms with Gasteiger partial charge in [0.2, 0.25) is 0 Å². The van der Waals surface area contributed by atoms with Crippen molar-refractivity contribution in [3.63, 3.8) is 0 Å². The molecule has 1 aromatic heterocycles. The summed E-state index contributed by atoms with van der Waals surface area (Å²) in [5.41, 5.74) is 2.30. The Morgan fingerprint density at radius 3 is 2.26 bits per heavy atom. The number of hydrogen-bond donors (Lipinski definition) is 0. The Labute approximate surface area is 179 Å². The van der Waals surface area contributed by atoms with Gasteiger partial charge in [-0.25, -0.2) is 9.37 Å². The van der Waals surface area contributed by atoms with E-state index >= 15 is 0 Å². The summed E-state index contributed by atoms with van der Waals surface area (Å²) < 4.78 is 24.6. The number of hydrogen-bond acceptors (Lipinski definition) is 4. The van der Waals surface area contributed by atoms with Crippen LogP contribution in [0.3, 0.4) is 0 Å². The number of oxazole rings is 1. The van der Waals surface area contributed by atoms with Crippen LogP contribution in [0.4, 0.5) is 4.39 Å². The minimum absolute atomic E-state index is 0.00403. The Morgan fingerprint density at radius 2 is 1.58 bits per heavy atom. The molecule has 1 aliphatic rings. The van der Waals surface area contributed by atoms with E-state index in [1.54, 1.807) is 36.4 Å². The molecular weight excluding hydrogens is 395 g/mol. The molecule has 1 aliphatic heterocycles. The summed E-state index contributed by atoms with van der Waals surface area (Å²) in [6.45, 7) is 1.33. The van der Waals surface area contributed by atoms with Crippen LogP contribution in [-0.4, -0.2) is 28.9 Å². The summed E-state index contributed by atoms with van der Waals surface area (Å²) in [5, 5.41) is 0. The third-order valence-electron chi connectivity index (χ3n) is 5.59. The molecule has 0 N–H and O–H groups in total. The largest absolute Gasteiger partial charge is 0.457 e. The maximum absolute atomic E-state index is 13.0. The highest BCUT2D eigenvalue weighted by atomic mass is 19.1. The molecule has 5 nitrogen and oxygen atoms in total. The molecule has 2 heterocycles. The lowest BCUT2D eigenvalue weighted by Crippen LogP contribution is -2.37. The highest BCUT2D eigenvalue weighted by Gasteiger charge is 2.27. The van der Waals surface area contributed by atoms with Gasteiger partial charge in [-0.1, -0.05) is 12.1 Å². The molecule has 0 saturated carbocycles. The Morgan fingerprint density at radius 1 is 0.935 bits per heavy atom. The fourth-order valence-electron chi connectivity index (χ4n) is 3.88. The summed E-state index contributed by atoms with van der Waals surface area (Å²) >= 11 is 0. The first kappa shape index (κ1) is 19.3. The maximum atomic E-state index is 13.0. The number of aromatic nitrogens is 1. The van der Waals surface area contributed by atoms with Crippen LogP contribution in [-0.2, 0) is 0 Å². The highest BCUT2D eigenvalue weighted by Crippen LogP contribution is 2.30. The molecular formula is C25H21FN2O3. The summed E-state index contributed by atoms with van der Waals surface area (Å²) in [4.78, 5) is 19.4. The average Bonchev–Trinajstić information content (AvgIpc) is 3.25. The van der Waals surface area contributed by atoms with Crippen molar-refractivity contribution in [1.82, 2.24) is 9.88 Å². The summed E-state index contributed by atoms with van der Waals surface area (Å²) in [6.07, 6.45) is 1.65. The van der Waals surface area contributed by atoms with E-state index in [0.29, 0.717) is 30.2 Å². The number of carbonyl (C=O) groups is 1. The zero-order valence-corrected chi connectivity index (χ0v) is 16.8. The zero-order chi connectivity index (χ0) is 21.2. The van der Waals surface area contributed by atoms with E-state index in [4.69, 9.17) is 9.15 Å². The van der Waals surface area contributed by atoms with Gasteiger partial charge in [-0.3, -0.25) is 4.79 Å². The van der Waals surface area contributed by atoms with Crippen LogP contribution in [0.5, 0.6) is 11.5 Å². The minimum Gasteiger partial charge on any atom is -0.457 e. The Balaban J connectivity index is 1.20. The number of rotatable bonds is 4. The van der Waals surface area contributed by atoms with E-state index in [-0.39, 0.29) is 17.6 Å². The third-order valence-corrected chi connectivity index (χ3v) is 5.59. The Kier molecular flexibility index (Phi) is 5.12. The molecule has 4 aromatic rings. The summed E-state index contributed by atoms with van der Waals surface area (Å²) in [7, 11) is 0. The predicted molar refractivity (Wildman–Crippen MR) is 115 cm³/mol. The van der Waals surface area contributed by atoms with Crippen LogP contribution in [0, 0.1) is 5.82 Å². The first-order chi connectivity index (χ1) is 15.2. The molecule has 5 rings (SSSR count). The number of likely N-dealkylation sites (tertiary alicyclic amines) is 1. The molecule has 0 spiro atoms. The molecule has 0 unspecified atom stereocenters. The van der Waals surface area contributed by atoms with Gasteiger partial charge in [0.25, 0.3) is 5.91 Å². The zero-order valence-electron chi connectivity index (χ0n) is 16.8. The first-order valence-electron chi connectivity index (χ1n) is 10.3. The van der Waals surface area contributed by atoms with E-state index in [2.05, 4.69) is 4.98 Å². The van der Waals surface area contributed by atoms with Crippen molar-refractivity contribution in [1.29, 1.82) is 0 Å². The number of ether oxygens (including phenoxy) is 1. The van der Waals surface area contributed by atoms with E-state index in [1.807, 2.05) is 29.2 Å². The molecule has 31 heavy (non-hydrogen) atoms. The lowest BCUT2D eigenvalue weighted by atomic mass is 9.96. The molecule has 0 bridgehead atoms. The van der Waals surface area contributed by atoms with Gasteiger partial charge in [0, 0.05) is 24.6 Å². The maximum Gasteiger partial charge on any atom is 0.253 e. The molecule has 0 atom stereocenters. The van der Waals surface area contributed by atoms with Gasteiger partial charge >= 0.3 is 0 Å². The second-order valence-electron chi connectivity index (χ2n) is 7.67. The molecule has 1 saturated heterocycles. The molecule has 3 aromatic carbocycles. The van der Waals surface area contributed by atoms with Crippen molar-refractivity contribution in [2.45, 2.75) is 18.8 Å². The number of carbonyl (C=O) groups excluding carboxylic acids is 1. The van der Waals surface area contributed by atoms with Crippen LogP contribution < -0.4 is 4.74 Å². The monoisotopic (exact) mass is 416 g/mol. The smallest absolute Gasteiger partial charge is 0.253 e. The summed E-state index contributed by atoms with van der Waals surface area (Å²) in [6, 6.07) is 20.6. The number of benzene rings is 3. The van der Waals surface area contributed by atoms with Gasteiger partial charge < -0.3 is 14.1 Å². The second kappa shape index (κ2) is 8.22. The molecule has 6 heteroatoms. The highest BCUT2D eigenvalue weighted by molar-refractivity contribution is 5.94. The quantitative estimate of drug-likeness (QED) is 0.423. The SMILES string of the molecule is O=C(c1ccc(Oc2ccc(F)cc2)cc1)N1CCC(c2nc3ccccc3o2)CC1. The standard InChI is InChI=1S/C25H21FN2O3/c26-19-7-11-21(12-8-19)30-20-9-5-18(6-10-20)25(29)28-15-13-17(14-16-28)24-27-22-3-1-2-4-23(22)31-24/h1-12,17H,13-16H2. The summed E-state index contributed by atoms with van der Waals surface area (Å²) in [5.74, 6) is 1.82. The molecule has 156 valence electrons. The van der Waals surface area contributed by atoms with Crippen LogP contribution in [0.1, 0.15) is 35.0 Å². The lowest BCUT2D eigenvalue weighted by molar-refractivity contribution is 0.0706.